The number of hydrogen-bond donors (Lipinski definition) is 2. The van der Waals surface area contributed by atoms with E-state index < -0.39 is 29.3 Å². The van der Waals surface area contributed by atoms with E-state index in [1.165, 1.54) is 13.8 Å². The Kier molecular flexibility index (Phi) is 5.63. The van der Waals surface area contributed by atoms with Crippen LogP contribution in [-0.4, -0.2) is 39.2 Å². The van der Waals surface area contributed by atoms with Crippen molar-refractivity contribution in [3.8, 4) is 0 Å². The molecule has 1 aliphatic rings. The molecule has 0 saturated heterocycles. The van der Waals surface area contributed by atoms with Crippen LogP contribution in [0, 0.1) is 11.6 Å². The molecule has 168 valence electrons. The molecule has 0 fully saturated rings. The summed E-state index contributed by atoms with van der Waals surface area (Å²) in [5, 5.41) is 9.79. The van der Waals surface area contributed by atoms with Gasteiger partial charge in [0.1, 0.15) is 17.3 Å². The third-order valence-corrected chi connectivity index (χ3v) is 5.87. The first-order valence-corrected chi connectivity index (χ1v) is 10.5. The maximum atomic E-state index is 15.3. The Morgan fingerprint density at radius 2 is 1.91 bits per heavy atom. The van der Waals surface area contributed by atoms with Gasteiger partial charge in [-0.25, -0.2) is 18.0 Å². The summed E-state index contributed by atoms with van der Waals surface area (Å²) >= 11 is 0. The standard InChI is InChI=1S/C25H25F3N2O2/c1-14-10-17-16-6-4-5-7-20(16)29-23(17)24(30(14)13-25(2,3)28)22-18(26)11-15(12-19(22)27)8-9-21(31)32/h4-9,11-12,14,24,29H,10,13H2,1-3H3,(H,31,32)/b9-8+. The first-order chi connectivity index (χ1) is 15.0. The van der Waals surface area contributed by atoms with Crippen molar-refractivity contribution >= 4 is 22.9 Å². The number of aromatic amines is 1. The lowest BCUT2D eigenvalue weighted by molar-refractivity contribution is -0.131. The molecule has 0 amide bonds. The molecule has 3 aromatic rings. The smallest absolute Gasteiger partial charge is 0.328 e. The molecule has 0 aliphatic carbocycles. The van der Waals surface area contributed by atoms with Gasteiger partial charge >= 0.3 is 5.97 Å². The second-order valence-electron chi connectivity index (χ2n) is 8.98. The van der Waals surface area contributed by atoms with Gasteiger partial charge in [-0.05, 0) is 62.6 Å². The van der Waals surface area contributed by atoms with E-state index in [9.17, 15) is 9.18 Å². The zero-order valence-electron chi connectivity index (χ0n) is 18.1. The Labute approximate surface area is 184 Å². The Hall–Kier alpha value is -3.06. The maximum Gasteiger partial charge on any atom is 0.328 e. The molecule has 7 heteroatoms. The zero-order valence-corrected chi connectivity index (χ0v) is 18.1. The van der Waals surface area contributed by atoms with Gasteiger partial charge in [-0.1, -0.05) is 18.2 Å². The zero-order chi connectivity index (χ0) is 23.2. The summed E-state index contributed by atoms with van der Waals surface area (Å²) in [6.07, 6.45) is 2.58. The largest absolute Gasteiger partial charge is 0.478 e. The van der Waals surface area contributed by atoms with Gasteiger partial charge in [-0.3, -0.25) is 4.90 Å². The lowest BCUT2D eigenvalue weighted by Gasteiger charge is -2.43. The van der Waals surface area contributed by atoms with Crippen molar-refractivity contribution in [1.29, 1.82) is 0 Å². The minimum atomic E-state index is -1.58. The molecule has 0 bridgehead atoms. The number of carboxylic acid groups (broad SMARTS) is 1. The fraction of sp³-hybridized carbons (Fsp3) is 0.320. The summed E-state index contributed by atoms with van der Waals surface area (Å²) in [5.74, 6) is -2.82. The highest BCUT2D eigenvalue weighted by Crippen LogP contribution is 2.43. The van der Waals surface area contributed by atoms with Crippen LogP contribution in [0.4, 0.5) is 13.2 Å². The molecule has 4 nitrogen and oxygen atoms in total. The molecule has 0 saturated carbocycles. The summed E-state index contributed by atoms with van der Waals surface area (Å²) in [7, 11) is 0. The number of hydrogen-bond acceptors (Lipinski definition) is 2. The number of nitrogens with one attached hydrogen (secondary N) is 1. The van der Waals surface area contributed by atoms with Crippen LogP contribution in [0.15, 0.2) is 42.5 Å². The van der Waals surface area contributed by atoms with E-state index in [0.717, 1.165) is 40.8 Å². The second kappa shape index (κ2) is 8.13. The fourth-order valence-corrected chi connectivity index (χ4v) is 4.63. The van der Waals surface area contributed by atoms with Crippen LogP contribution in [0.2, 0.25) is 0 Å². The number of rotatable bonds is 5. The molecule has 1 aromatic heterocycles. The minimum Gasteiger partial charge on any atom is -0.478 e. The number of benzene rings is 2. The van der Waals surface area contributed by atoms with Gasteiger partial charge in [0.2, 0.25) is 0 Å². The summed E-state index contributed by atoms with van der Waals surface area (Å²) in [6, 6.07) is 8.88. The second-order valence-corrected chi connectivity index (χ2v) is 8.98. The monoisotopic (exact) mass is 442 g/mol. The number of carbonyl (C=O) groups is 1. The molecule has 0 spiro atoms. The van der Waals surface area contributed by atoms with E-state index in [4.69, 9.17) is 5.11 Å². The predicted octanol–water partition coefficient (Wildman–Crippen LogP) is 5.63. The van der Waals surface area contributed by atoms with Crippen LogP contribution in [0.5, 0.6) is 0 Å². The van der Waals surface area contributed by atoms with Crippen LogP contribution in [0.1, 0.15) is 49.2 Å². The van der Waals surface area contributed by atoms with Gasteiger partial charge in [-0.2, -0.15) is 0 Å². The number of nitrogens with zero attached hydrogens (tertiary/aromatic N) is 1. The molecule has 2 N–H and O–H groups in total. The van der Waals surface area contributed by atoms with Crippen LogP contribution in [0.25, 0.3) is 17.0 Å². The lowest BCUT2D eigenvalue weighted by Crippen LogP contribution is -2.48. The average molecular weight is 442 g/mol. The first kappa shape index (κ1) is 22.1. The van der Waals surface area contributed by atoms with Crippen molar-refractivity contribution in [2.45, 2.75) is 44.9 Å². The van der Waals surface area contributed by atoms with Crippen molar-refractivity contribution in [1.82, 2.24) is 9.88 Å². The van der Waals surface area contributed by atoms with E-state index in [1.54, 1.807) is 4.90 Å². The lowest BCUT2D eigenvalue weighted by atomic mass is 9.87. The van der Waals surface area contributed by atoms with E-state index in [2.05, 4.69) is 4.98 Å². The maximum absolute atomic E-state index is 15.3. The molecule has 2 heterocycles. The summed E-state index contributed by atoms with van der Waals surface area (Å²) < 4.78 is 45.4. The van der Waals surface area contributed by atoms with Crippen molar-refractivity contribution in [2.75, 3.05) is 6.54 Å². The molecule has 1 aliphatic heterocycles. The van der Waals surface area contributed by atoms with Gasteiger partial charge in [-0.15, -0.1) is 0 Å². The number of alkyl halides is 1. The van der Waals surface area contributed by atoms with Crippen molar-refractivity contribution in [3.63, 3.8) is 0 Å². The number of H-pyrrole nitrogens is 1. The van der Waals surface area contributed by atoms with Crippen molar-refractivity contribution in [3.05, 3.63) is 76.5 Å². The van der Waals surface area contributed by atoms with E-state index in [1.807, 2.05) is 31.2 Å². The highest BCUT2D eigenvalue weighted by Gasteiger charge is 2.40. The molecular weight excluding hydrogens is 417 g/mol. The molecule has 2 unspecified atom stereocenters. The number of carboxylic acids is 1. The van der Waals surface area contributed by atoms with Crippen LogP contribution in [0.3, 0.4) is 0 Å². The summed E-state index contributed by atoms with van der Waals surface area (Å²) in [4.78, 5) is 15.9. The van der Waals surface area contributed by atoms with E-state index >= 15 is 8.78 Å². The van der Waals surface area contributed by atoms with Crippen LogP contribution in [-0.2, 0) is 11.2 Å². The van der Waals surface area contributed by atoms with Gasteiger partial charge in [0.05, 0.1) is 6.04 Å². The van der Waals surface area contributed by atoms with E-state index in [0.29, 0.717) is 12.1 Å². The molecule has 2 aromatic carbocycles. The molecule has 2 atom stereocenters. The first-order valence-electron chi connectivity index (χ1n) is 10.5. The normalized spacial score (nSPS) is 19.6. The van der Waals surface area contributed by atoms with Gasteiger partial charge < -0.3 is 10.1 Å². The quantitative estimate of drug-likeness (QED) is 0.504. The average Bonchev–Trinajstić information content (AvgIpc) is 3.05. The van der Waals surface area contributed by atoms with Crippen LogP contribution >= 0.6 is 0 Å². The Morgan fingerprint density at radius 1 is 1.25 bits per heavy atom. The molecule has 0 radical (unpaired) electrons. The number of halogens is 3. The summed E-state index contributed by atoms with van der Waals surface area (Å²) in [5.41, 5.74) is 0.829. The third-order valence-electron chi connectivity index (χ3n) is 5.87. The van der Waals surface area contributed by atoms with Gasteiger partial charge in [0.15, 0.2) is 0 Å². The van der Waals surface area contributed by atoms with Crippen molar-refractivity contribution in [2.24, 2.45) is 0 Å². The number of aromatic nitrogens is 1. The Morgan fingerprint density at radius 3 is 2.53 bits per heavy atom. The highest BCUT2D eigenvalue weighted by atomic mass is 19.1. The highest BCUT2D eigenvalue weighted by molar-refractivity contribution is 5.86. The fourth-order valence-electron chi connectivity index (χ4n) is 4.63. The number of para-hydroxylation sites is 1. The Bertz CT molecular complexity index is 1190. The molecule has 4 rings (SSSR count). The number of fused-ring (bicyclic) bond motifs is 3. The molecule has 32 heavy (non-hydrogen) atoms. The minimum absolute atomic E-state index is 0.00676. The van der Waals surface area contributed by atoms with Gasteiger partial charge in [0, 0.05) is 40.8 Å². The summed E-state index contributed by atoms with van der Waals surface area (Å²) in [6.45, 7) is 4.82. The Balaban J connectivity index is 1.92. The topological polar surface area (TPSA) is 56.3 Å². The van der Waals surface area contributed by atoms with Crippen LogP contribution < -0.4 is 0 Å². The molecular formula is C25H25F3N2O2. The van der Waals surface area contributed by atoms with Gasteiger partial charge in [0.25, 0.3) is 0 Å². The SMILES string of the molecule is CC1Cc2c([nH]c3ccccc23)C(c2c(F)cc(/C=C/C(=O)O)cc2F)N1CC(C)(C)F. The predicted molar refractivity (Wildman–Crippen MR) is 118 cm³/mol. The number of aliphatic carboxylic acids is 1. The third kappa shape index (κ3) is 4.17. The van der Waals surface area contributed by atoms with Crippen molar-refractivity contribution < 1.29 is 23.1 Å². The van der Waals surface area contributed by atoms with E-state index in [-0.39, 0.29) is 23.7 Å².